The molecule has 0 aliphatic rings. The normalized spacial score (nSPS) is 11.7. The molecule has 98 heavy (non-hydrogen) atoms. The van der Waals surface area contributed by atoms with Crippen LogP contribution in [-0.2, 0) is 35.5 Å². The zero-order valence-corrected chi connectivity index (χ0v) is 53.6. The van der Waals surface area contributed by atoms with Gasteiger partial charge in [0.25, 0.3) is 11.3 Å². The first-order valence-electron chi connectivity index (χ1n) is 31.0. The van der Waals surface area contributed by atoms with E-state index in [1.165, 1.54) is 55.4 Å². The van der Waals surface area contributed by atoms with E-state index in [-0.39, 0.29) is 40.2 Å². The summed E-state index contributed by atoms with van der Waals surface area (Å²) in [6, 6.07) is 68.8. The molecule has 0 fully saturated rings. The molecule has 0 bridgehead atoms. The van der Waals surface area contributed by atoms with Crippen LogP contribution >= 0.6 is 7.75 Å². The fraction of sp³-hybridized carbons (Fsp3) is 0.0400. The van der Waals surface area contributed by atoms with Gasteiger partial charge in [0.15, 0.2) is 29.0 Å². The van der Waals surface area contributed by atoms with Gasteiger partial charge in [0.1, 0.15) is 17.5 Å². The van der Waals surface area contributed by atoms with Crippen LogP contribution in [0.3, 0.4) is 0 Å². The molecule has 0 saturated heterocycles. The van der Waals surface area contributed by atoms with Gasteiger partial charge >= 0.3 is 7.75 Å². The van der Waals surface area contributed by atoms with Crippen LogP contribution in [0.15, 0.2) is 274 Å². The Morgan fingerprint density at radius 3 is 1.07 bits per heavy atom. The molecule has 0 radical (unpaired) electrons. The molecule has 4 N–H and O–H groups in total. The minimum Gasteiger partial charge on any atom is -0.398 e. The summed E-state index contributed by atoms with van der Waals surface area (Å²) in [5.41, 5.74) is 10.4. The van der Waals surface area contributed by atoms with E-state index in [1.807, 2.05) is 200 Å². The van der Waals surface area contributed by atoms with E-state index in [0.717, 1.165) is 66.6 Å². The molecule has 23 heteroatoms. The van der Waals surface area contributed by atoms with E-state index in [0.29, 0.717) is 68.8 Å². The third-order valence-electron chi connectivity index (χ3n) is 15.9. The van der Waals surface area contributed by atoms with E-state index in [9.17, 15) is 8.76 Å². The summed E-state index contributed by atoms with van der Waals surface area (Å²) in [5.74, 6) is 1.78. The summed E-state index contributed by atoms with van der Waals surface area (Å²) in [6.07, 6.45) is 13.6. The second-order valence-electron chi connectivity index (χ2n) is 22.3. The third-order valence-corrected chi connectivity index (χ3v) is 19.0. The zero-order valence-electron chi connectivity index (χ0n) is 51.9. The lowest BCUT2D eigenvalue weighted by atomic mass is 10.0. The predicted molar refractivity (Wildman–Crippen MR) is 381 cm³/mol. The van der Waals surface area contributed by atoms with E-state index < -0.39 is 19.0 Å². The maximum Gasteiger partial charge on any atom is 0.558 e. The molecular formula is C75H55N16O5PS. The molecule has 15 aromatic rings. The maximum atomic E-state index is 16.6. The van der Waals surface area contributed by atoms with Gasteiger partial charge in [-0.05, 0) is 106 Å². The molecule has 6 aromatic carbocycles. The molecule has 0 spiro atoms. The van der Waals surface area contributed by atoms with Crippen molar-refractivity contribution in [2.24, 2.45) is 0 Å². The lowest BCUT2D eigenvalue weighted by Gasteiger charge is -2.28. The number of anilines is 4. The molecule has 1 atom stereocenters. The molecule has 0 aliphatic carbocycles. The molecule has 1 unspecified atom stereocenters. The van der Waals surface area contributed by atoms with Crippen molar-refractivity contribution in [3.8, 4) is 79.0 Å². The molecule has 9 aromatic heterocycles. The SMILES string of the molecule is O=S(O)N(c1cncc(-c2nc(NCc3ccccn3)c3c(-c4ccccc4)cccc3n2)c1)P(=O)(Oc1cncc(-c2nc(NCc3ccccn3)c3c(-c4ccccc4)cccc3n2)c1)Oc1cncc(-c2nc(NCc3ccccn3)c3c(-c4ccccc4)cccc3n2)c1. The number of rotatable bonds is 22. The Labute approximate surface area is 564 Å². The average Bonchev–Trinajstić information content (AvgIpc) is 0.781. The Morgan fingerprint density at radius 1 is 0.378 bits per heavy atom. The Bertz CT molecular complexity index is 5240. The first-order valence-corrected chi connectivity index (χ1v) is 33.6. The van der Waals surface area contributed by atoms with Crippen molar-refractivity contribution in [1.82, 2.24) is 59.8 Å². The zero-order chi connectivity index (χ0) is 66.2. The predicted octanol–water partition coefficient (Wildman–Crippen LogP) is 15.9. The number of nitrogens with zero attached hydrogens (tertiary/aromatic N) is 13. The van der Waals surface area contributed by atoms with Crippen molar-refractivity contribution in [1.29, 1.82) is 0 Å². The van der Waals surface area contributed by atoms with Crippen LogP contribution in [0, 0.1) is 0 Å². The minimum atomic E-state index is -5.30. The van der Waals surface area contributed by atoms with Crippen LogP contribution in [0.2, 0.25) is 0 Å². The number of benzene rings is 6. The highest BCUT2D eigenvalue weighted by Crippen LogP contribution is 2.55. The van der Waals surface area contributed by atoms with Gasteiger partial charge in [-0.2, -0.15) is 0 Å². The number of pyridine rings is 6. The van der Waals surface area contributed by atoms with Crippen molar-refractivity contribution in [2.45, 2.75) is 19.6 Å². The van der Waals surface area contributed by atoms with Gasteiger partial charge in [-0.1, -0.05) is 146 Å². The molecule has 9 heterocycles. The average molecular weight is 1320 g/mol. The first-order chi connectivity index (χ1) is 48.2. The van der Waals surface area contributed by atoms with E-state index >= 15 is 4.57 Å². The Balaban J connectivity index is 0.845. The number of hydrogen-bond acceptors (Lipinski definition) is 19. The van der Waals surface area contributed by atoms with Crippen LogP contribution in [0.5, 0.6) is 11.5 Å². The second-order valence-corrected chi connectivity index (χ2v) is 25.1. The molecule has 15 rings (SSSR count). The van der Waals surface area contributed by atoms with Crippen molar-refractivity contribution < 1.29 is 22.4 Å². The second kappa shape index (κ2) is 27.8. The minimum absolute atomic E-state index is 0.161. The summed E-state index contributed by atoms with van der Waals surface area (Å²) in [6.45, 7) is 0.972. The van der Waals surface area contributed by atoms with Gasteiger partial charge in [-0.15, -0.1) is 4.08 Å². The molecule has 0 aliphatic heterocycles. The number of nitrogens with one attached hydrogen (secondary N) is 3. The van der Waals surface area contributed by atoms with Crippen molar-refractivity contribution in [3.63, 3.8) is 0 Å². The molecule has 21 nitrogen and oxygen atoms in total. The van der Waals surface area contributed by atoms with E-state index in [1.54, 1.807) is 18.6 Å². The number of aromatic nitrogens is 12. The summed E-state index contributed by atoms with van der Waals surface area (Å²) in [4.78, 5) is 57.8. The maximum absolute atomic E-state index is 16.6. The van der Waals surface area contributed by atoms with Crippen LogP contribution in [0.25, 0.3) is 100 Å². The lowest BCUT2D eigenvalue weighted by molar-refractivity contribution is 0.385. The van der Waals surface area contributed by atoms with Crippen LogP contribution in [-0.4, -0.2) is 68.6 Å². The van der Waals surface area contributed by atoms with Gasteiger partial charge in [-0.3, -0.25) is 34.5 Å². The number of hydrogen-bond donors (Lipinski definition) is 4. The third kappa shape index (κ3) is 13.3. The van der Waals surface area contributed by atoms with E-state index in [2.05, 4.69) is 45.9 Å². The summed E-state index contributed by atoms with van der Waals surface area (Å²) in [5, 5.41) is 12.8. The Kier molecular flexibility index (Phi) is 17.4. The molecule has 0 amide bonds. The standard InChI is InChI=1S/C75H55N16O5PS/c92-97(95-59-38-53(41-77-47-59)71-86-65-32-17-29-62(50-21-6-2-7-22-50)68(65)74(89-71)83-44-56-26-11-14-35-80-56,96-60-39-54(42-78-48-60)72-87-66-33-18-30-63(51-23-8-3-9-24-51)69(66)75(90-72)84-45-57-27-12-15-36-81-57)91(98(93)94)58-37-52(40-76-46-58)70-85-64-31-16-28-61(49-19-4-1-5-20-49)67(64)73(88-70)82-43-55-25-10-13-34-79-55/h1-42,46-48H,43-45H2,(H,93,94)(H,82,85,88)(H,83,86,89)(H,84,87,90). The van der Waals surface area contributed by atoms with Gasteiger partial charge < -0.3 is 25.0 Å². The Morgan fingerprint density at radius 2 is 0.724 bits per heavy atom. The summed E-state index contributed by atoms with van der Waals surface area (Å²) < 4.78 is 56.5. The molecule has 0 saturated carbocycles. The molecular weight excluding hydrogens is 1270 g/mol. The smallest absolute Gasteiger partial charge is 0.398 e. The molecule has 476 valence electrons. The number of fused-ring (bicyclic) bond motifs is 3. The van der Waals surface area contributed by atoms with E-state index in [4.69, 9.17) is 39.0 Å². The fourth-order valence-corrected chi connectivity index (χ4v) is 13.9. The van der Waals surface area contributed by atoms with Crippen LogP contribution in [0.4, 0.5) is 23.1 Å². The van der Waals surface area contributed by atoms with Crippen molar-refractivity contribution in [3.05, 3.63) is 291 Å². The lowest BCUT2D eigenvalue weighted by Crippen LogP contribution is -2.27. The highest BCUT2D eigenvalue weighted by atomic mass is 32.2. The van der Waals surface area contributed by atoms with Gasteiger partial charge in [0.05, 0.1) is 93.7 Å². The summed E-state index contributed by atoms with van der Waals surface area (Å²) >= 11 is -3.20. The van der Waals surface area contributed by atoms with Crippen LogP contribution in [0.1, 0.15) is 17.1 Å². The largest absolute Gasteiger partial charge is 0.558 e. The van der Waals surface area contributed by atoms with Gasteiger partial charge in [0, 0.05) is 53.9 Å². The van der Waals surface area contributed by atoms with Gasteiger partial charge in [-0.25, -0.2) is 38.7 Å². The summed E-state index contributed by atoms with van der Waals surface area (Å²) in [7, 11) is -5.30. The topological polar surface area (TPSA) is 267 Å². The Hall–Kier alpha value is -12.6. The van der Waals surface area contributed by atoms with Crippen molar-refractivity contribution >= 4 is 74.9 Å². The van der Waals surface area contributed by atoms with Gasteiger partial charge in [0.2, 0.25) is 0 Å². The highest BCUT2D eigenvalue weighted by Gasteiger charge is 2.43. The van der Waals surface area contributed by atoms with Crippen LogP contribution < -0.4 is 29.1 Å². The first kappa shape index (κ1) is 61.6. The van der Waals surface area contributed by atoms with Crippen molar-refractivity contribution in [2.75, 3.05) is 20.0 Å². The quantitative estimate of drug-likeness (QED) is 0.0363. The fourth-order valence-electron chi connectivity index (χ4n) is 11.4. The highest BCUT2D eigenvalue weighted by molar-refractivity contribution is 7.90. The monoisotopic (exact) mass is 1320 g/mol.